The van der Waals surface area contributed by atoms with E-state index in [0.717, 1.165) is 21.6 Å². The first-order chi connectivity index (χ1) is 11.9. The maximum atomic E-state index is 10.9. The predicted octanol–water partition coefficient (Wildman–Crippen LogP) is 4.10. The highest BCUT2D eigenvalue weighted by molar-refractivity contribution is 9.10. The zero-order valence-electron chi connectivity index (χ0n) is 13.0. The third kappa shape index (κ3) is 3.29. The molecule has 126 valence electrons. The molecule has 2 aromatic heterocycles. The van der Waals surface area contributed by atoms with Crippen LogP contribution in [-0.4, -0.2) is 25.6 Å². The molecule has 8 heteroatoms. The van der Waals surface area contributed by atoms with Gasteiger partial charge in [-0.2, -0.15) is 0 Å². The maximum absolute atomic E-state index is 10.9. The third-order valence-electron chi connectivity index (χ3n) is 3.70. The Bertz CT molecular complexity index is 1040. The highest BCUT2D eigenvalue weighted by Crippen LogP contribution is 2.29. The molecule has 0 saturated carbocycles. The Morgan fingerprint density at radius 3 is 2.80 bits per heavy atom. The van der Waals surface area contributed by atoms with Crippen molar-refractivity contribution in [3.8, 4) is 5.69 Å². The smallest absolute Gasteiger partial charge is 0.328 e. The second-order valence-corrected chi connectivity index (χ2v) is 6.29. The van der Waals surface area contributed by atoms with Crippen LogP contribution in [0.1, 0.15) is 11.1 Å². The van der Waals surface area contributed by atoms with Crippen LogP contribution in [0.4, 0.5) is 5.69 Å². The molecule has 0 fully saturated rings. The summed E-state index contributed by atoms with van der Waals surface area (Å²) in [5.41, 5.74) is 2.78. The Morgan fingerprint density at radius 1 is 1.40 bits per heavy atom. The summed E-state index contributed by atoms with van der Waals surface area (Å²) in [5, 5.41) is 20.6. The van der Waals surface area contributed by atoms with Crippen molar-refractivity contribution in [2.45, 2.75) is 6.92 Å². The number of aryl methyl sites for hydroxylation is 1. The van der Waals surface area contributed by atoms with Crippen molar-refractivity contribution >= 4 is 44.7 Å². The van der Waals surface area contributed by atoms with E-state index in [0.29, 0.717) is 16.8 Å². The number of pyridine rings is 1. The number of aromatic nitrogens is 2. The number of hydrogen-bond donors (Lipinski definition) is 1. The highest BCUT2D eigenvalue weighted by Gasteiger charge is 2.14. The second-order valence-electron chi connectivity index (χ2n) is 5.38. The van der Waals surface area contributed by atoms with Crippen LogP contribution < -0.4 is 0 Å². The summed E-state index contributed by atoms with van der Waals surface area (Å²) < 4.78 is 2.56. The van der Waals surface area contributed by atoms with E-state index in [9.17, 15) is 14.9 Å². The number of nitro groups is 1. The molecular formula is C17H12BrN3O4. The predicted molar refractivity (Wildman–Crippen MR) is 96.8 cm³/mol. The number of nitrogens with zero attached hydrogens (tertiary/aromatic N) is 3. The lowest BCUT2D eigenvalue weighted by molar-refractivity contribution is -0.384. The van der Waals surface area contributed by atoms with Crippen LogP contribution in [-0.2, 0) is 4.79 Å². The number of non-ortho nitro benzene ring substituents is 1. The van der Waals surface area contributed by atoms with Gasteiger partial charge in [0.1, 0.15) is 5.65 Å². The van der Waals surface area contributed by atoms with E-state index in [1.807, 2.05) is 6.07 Å². The van der Waals surface area contributed by atoms with Crippen molar-refractivity contribution < 1.29 is 14.8 Å². The lowest BCUT2D eigenvalue weighted by Gasteiger charge is -2.08. The normalized spacial score (nSPS) is 11.3. The average Bonchev–Trinajstić information content (AvgIpc) is 2.90. The fourth-order valence-corrected chi connectivity index (χ4v) is 2.94. The zero-order valence-corrected chi connectivity index (χ0v) is 14.6. The minimum Gasteiger partial charge on any atom is -0.478 e. The number of aliphatic carboxylic acids is 1. The summed E-state index contributed by atoms with van der Waals surface area (Å²) >= 11 is 3.36. The van der Waals surface area contributed by atoms with E-state index in [1.54, 1.807) is 30.0 Å². The van der Waals surface area contributed by atoms with Crippen molar-refractivity contribution in [1.29, 1.82) is 0 Å². The fraction of sp³-hybridized carbons (Fsp3) is 0.0588. The molecule has 0 amide bonds. The minimum absolute atomic E-state index is 0.0133. The van der Waals surface area contributed by atoms with Crippen LogP contribution in [0.5, 0.6) is 0 Å². The molecule has 0 spiro atoms. The van der Waals surface area contributed by atoms with Gasteiger partial charge in [0.2, 0.25) is 0 Å². The molecule has 0 bridgehead atoms. The second kappa shape index (κ2) is 6.48. The number of carboxylic acids is 1. The molecule has 0 aliphatic heterocycles. The van der Waals surface area contributed by atoms with Gasteiger partial charge in [0.25, 0.3) is 5.69 Å². The maximum Gasteiger partial charge on any atom is 0.328 e. The van der Waals surface area contributed by atoms with Gasteiger partial charge in [-0.25, -0.2) is 9.78 Å². The van der Waals surface area contributed by atoms with Crippen molar-refractivity contribution in [1.82, 2.24) is 9.55 Å². The number of fused-ring (bicyclic) bond motifs is 1. The Balaban J connectivity index is 2.23. The quantitative estimate of drug-likeness (QED) is 0.403. The Morgan fingerprint density at radius 2 is 2.16 bits per heavy atom. The van der Waals surface area contributed by atoms with Gasteiger partial charge in [-0.15, -0.1) is 0 Å². The van der Waals surface area contributed by atoms with E-state index < -0.39 is 10.9 Å². The molecule has 0 aliphatic carbocycles. The molecule has 1 aromatic carbocycles. The van der Waals surface area contributed by atoms with E-state index in [4.69, 9.17) is 5.11 Å². The molecule has 1 N–H and O–H groups in total. The Labute approximate surface area is 150 Å². The van der Waals surface area contributed by atoms with Crippen LogP contribution in [0.2, 0.25) is 0 Å². The summed E-state index contributed by atoms with van der Waals surface area (Å²) in [5.74, 6) is -1.05. The van der Waals surface area contributed by atoms with E-state index in [-0.39, 0.29) is 5.69 Å². The van der Waals surface area contributed by atoms with Crippen LogP contribution in [0, 0.1) is 17.0 Å². The molecular weight excluding hydrogens is 390 g/mol. The first-order valence-corrected chi connectivity index (χ1v) is 7.99. The number of nitro benzene ring substituents is 1. The Kier molecular flexibility index (Phi) is 4.37. The van der Waals surface area contributed by atoms with Gasteiger partial charge < -0.3 is 9.67 Å². The van der Waals surface area contributed by atoms with E-state index in [1.165, 1.54) is 18.2 Å². The first-order valence-electron chi connectivity index (χ1n) is 7.20. The molecule has 0 aliphatic rings. The standard InChI is InChI=1S/C17H12BrN3O4/c1-10-6-13(21(24)25)3-4-15(10)20-9-11(2-5-16(22)23)14-7-12(18)8-19-17(14)20/h2-9H,1H3,(H,22,23)/b5-2+. The molecule has 0 radical (unpaired) electrons. The molecule has 3 rings (SSSR count). The van der Waals surface area contributed by atoms with Crippen LogP contribution in [0.15, 0.2) is 47.2 Å². The average molecular weight is 402 g/mol. The number of halogens is 1. The van der Waals surface area contributed by atoms with Crippen molar-refractivity contribution in [3.05, 3.63) is 68.4 Å². The molecule has 2 heterocycles. The van der Waals surface area contributed by atoms with Gasteiger partial charge in [0, 0.05) is 46.0 Å². The van der Waals surface area contributed by atoms with Gasteiger partial charge in [-0.3, -0.25) is 10.1 Å². The molecule has 25 heavy (non-hydrogen) atoms. The lowest BCUT2D eigenvalue weighted by Crippen LogP contribution is -1.98. The van der Waals surface area contributed by atoms with Gasteiger partial charge in [0.05, 0.1) is 10.6 Å². The van der Waals surface area contributed by atoms with Gasteiger partial charge in [-0.1, -0.05) is 0 Å². The molecule has 0 saturated heterocycles. The van der Waals surface area contributed by atoms with Crippen molar-refractivity contribution in [3.63, 3.8) is 0 Å². The van der Waals surface area contributed by atoms with Crippen LogP contribution >= 0.6 is 15.9 Å². The van der Waals surface area contributed by atoms with Crippen LogP contribution in [0.25, 0.3) is 22.8 Å². The third-order valence-corrected chi connectivity index (χ3v) is 4.13. The number of carbonyl (C=O) groups is 1. The lowest BCUT2D eigenvalue weighted by atomic mass is 10.2. The summed E-state index contributed by atoms with van der Waals surface area (Å²) in [6, 6.07) is 6.43. The monoisotopic (exact) mass is 401 g/mol. The molecule has 7 nitrogen and oxygen atoms in total. The topological polar surface area (TPSA) is 98.3 Å². The van der Waals surface area contributed by atoms with Crippen LogP contribution in [0.3, 0.4) is 0 Å². The summed E-state index contributed by atoms with van der Waals surface area (Å²) in [4.78, 5) is 25.7. The SMILES string of the molecule is Cc1cc([N+](=O)[O-])ccc1-n1cc(/C=C/C(=O)O)c2cc(Br)cnc21. The largest absolute Gasteiger partial charge is 0.478 e. The number of hydrogen-bond acceptors (Lipinski definition) is 4. The zero-order chi connectivity index (χ0) is 18.1. The first kappa shape index (κ1) is 16.8. The van der Waals surface area contributed by atoms with Crippen molar-refractivity contribution in [2.24, 2.45) is 0 Å². The van der Waals surface area contributed by atoms with Gasteiger partial charge >= 0.3 is 5.97 Å². The summed E-state index contributed by atoms with van der Waals surface area (Å²) in [6.45, 7) is 1.78. The van der Waals surface area contributed by atoms with Gasteiger partial charge in [0.15, 0.2) is 0 Å². The molecule has 3 aromatic rings. The minimum atomic E-state index is -1.05. The number of carboxylic acid groups (broad SMARTS) is 1. The number of rotatable bonds is 4. The van der Waals surface area contributed by atoms with E-state index >= 15 is 0 Å². The molecule has 0 atom stereocenters. The van der Waals surface area contributed by atoms with E-state index in [2.05, 4.69) is 20.9 Å². The Hall–Kier alpha value is -3.00. The highest BCUT2D eigenvalue weighted by atomic mass is 79.9. The summed E-state index contributed by atoms with van der Waals surface area (Å²) in [6.07, 6.45) is 5.96. The van der Waals surface area contributed by atoms with Crippen molar-refractivity contribution in [2.75, 3.05) is 0 Å². The fourth-order valence-electron chi connectivity index (χ4n) is 2.61. The molecule has 0 unspecified atom stereocenters. The van der Waals surface area contributed by atoms with Gasteiger partial charge in [-0.05, 0) is 46.6 Å². The summed E-state index contributed by atoms with van der Waals surface area (Å²) in [7, 11) is 0. The number of benzene rings is 1.